The van der Waals surface area contributed by atoms with Crippen LogP contribution in [-0.2, 0) is 4.74 Å². The summed E-state index contributed by atoms with van der Waals surface area (Å²) < 4.78 is 5.13. The number of carbonyl (C=O) groups excluding carboxylic acids is 1. The number of alkyl carbamates (subject to hydrolysis) is 1. The average Bonchev–Trinajstić information content (AvgIpc) is 2.63. The van der Waals surface area contributed by atoms with Crippen molar-refractivity contribution in [1.82, 2.24) is 5.32 Å². The molecule has 90 valence electrons. The Morgan fingerprint density at radius 1 is 1.44 bits per heavy atom. The Balaban J connectivity index is 2.44. The van der Waals surface area contributed by atoms with Crippen LogP contribution < -0.4 is 5.32 Å². The molecule has 0 radical (unpaired) electrons. The number of hydrogen-bond acceptors (Lipinski definition) is 3. The summed E-state index contributed by atoms with van der Waals surface area (Å²) in [5.41, 5.74) is -0.514. The highest BCUT2D eigenvalue weighted by molar-refractivity contribution is 5.68. The van der Waals surface area contributed by atoms with Crippen molar-refractivity contribution in [2.45, 2.75) is 58.1 Å². The molecule has 4 nitrogen and oxygen atoms in total. The van der Waals surface area contributed by atoms with E-state index in [9.17, 15) is 4.79 Å². The third-order valence-electron chi connectivity index (χ3n) is 2.68. The average molecular weight is 224 g/mol. The maximum atomic E-state index is 11.5. The summed E-state index contributed by atoms with van der Waals surface area (Å²) in [6.45, 7) is 5.43. The third kappa shape index (κ3) is 4.09. The molecular formula is C12H20N2O2. The van der Waals surface area contributed by atoms with Gasteiger partial charge in [-0.3, -0.25) is 0 Å². The molecule has 1 rings (SSSR count). The summed E-state index contributed by atoms with van der Waals surface area (Å²) in [4.78, 5) is 11.5. The molecule has 0 aromatic heterocycles. The molecule has 0 aromatic rings. The molecule has 0 saturated heterocycles. The molecule has 1 saturated carbocycles. The quantitative estimate of drug-likeness (QED) is 0.784. The minimum atomic E-state index is -0.514. The molecule has 0 unspecified atom stereocenters. The van der Waals surface area contributed by atoms with Gasteiger partial charge in [0.15, 0.2) is 0 Å². The predicted molar refractivity (Wildman–Crippen MR) is 60.7 cm³/mol. The van der Waals surface area contributed by atoms with E-state index in [2.05, 4.69) is 11.4 Å². The standard InChI is InChI=1S/C12H20N2O2/c1-12(2,3)16-11(15)14-10(8-13)9-6-4-5-7-9/h9-10H,4-7H2,1-3H3,(H,14,15)/t10-/m1/s1. The van der Waals surface area contributed by atoms with Gasteiger partial charge in [-0.2, -0.15) is 5.26 Å². The molecule has 0 aliphatic heterocycles. The lowest BCUT2D eigenvalue weighted by molar-refractivity contribution is 0.0502. The normalized spacial score (nSPS) is 18.9. The molecule has 0 spiro atoms. The van der Waals surface area contributed by atoms with Gasteiger partial charge in [0.1, 0.15) is 11.6 Å². The zero-order valence-corrected chi connectivity index (χ0v) is 10.2. The van der Waals surface area contributed by atoms with E-state index >= 15 is 0 Å². The second kappa shape index (κ2) is 5.20. The van der Waals surface area contributed by atoms with Crippen molar-refractivity contribution in [1.29, 1.82) is 5.26 Å². The maximum absolute atomic E-state index is 11.5. The summed E-state index contributed by atoms with van der Waals surface area (Å²) >= 11 is 0. The molecule has 1 atom stereocenters. The first kappa shape index (κ1) is 12.8. The van der Waals surface area contributed by atoms with Gasteiger partial charge in [-0.25, -0.2) is 4.79 Å². The Bertz CT molecular complexity index is 282. The highest BCUT2D eigenvalue weighted by Crippen LogP contribution is 2.27. The molecule has 16 heavy (non-hydrogen) atoms. The van der Waals surface area contributed by atoms with E-state index in [1.54, 1.807) is 0 Å². The van der Waals surface area contributed by atoms with E-state index in [1.807, 2.05) is 20.8 Å². The van der Waals surface area contributed by atoms with Crippen LogP contribution in [0.1, 0.15) is 46.5 Å². The molecular weight excluding hydrogens is 204 g/mol. The van der Waals surface area contributed by atoms with Crippen LogP contribution >= 0.6 is 0 Å². The Morgan fingerprint density at radius 3 is 2.44 bits per heavy atom. The van der Waals surface area contributed by atoms with Gasteiger partial charge in [0.25, 0.3) is 0 Å². The van der Waals surface area contributed by atoms with E-state index in [4.69, 9.17) is 10.00 Å². The minimum Gasteiger partial charge on any atom is -0.444 e. The van der Waals surface area contributed by atoms with Crippen molar-refractivity contribution in [2.75, 3.05) is 0 Å². The largest absolute Gasteiger partial charge is 0.444 e. The molecule has 4 heteroatoms. The van der Waals surface area contributed by atoms with Crippen LogP contribution in [0.15, 0.2) is 0 Å². The number of nitrogens with one attached hydrogen (secondary N) is 1. The number of nitriles is 1. The molecule has 1 amide bonds. The van der Waals surface area contributed by atoms with Crippen LogP contribution in [0.25, 0.3) is 0 Å². The lowest BCUT2D eigenvalue weighted by Crippen LogP contribution is -2.41. The van der Waals surface area contributed by atoms with Gasteiger partial charge in [0, 0.05) is 0 Å². The first-order chi connectivity index (χ1) is 7.42. The lowest BCUT2D eigenvalue weighted by atomic mass is 10.00. The fourth-order valence-electron chi connectivity index (χ4n) is 1.98. The topological polar surface area (TPSA) is 62.1 Å². The van der Waals surface area contributed by atoms with Gasteiger partial charge in [-0.1, -0.05) is 12.8 Å². The predicted octanol–water partition coefficient (Wildman–Crippen LogP) is 2.59. The Kier molecular flexibility index (Phi) is 4.17. The number of hydrogen-bond donors (Lipinski definition) is 1. The Morgan fingerprint density at radius 2 is 2.00 bits per heavy atom. The zero-order valence-electron chi connectivity index (χ0n) is 10.2. The van der Waals surface area contributed by atoms with E-state index in [-0.39, 0.29) is 5.92 Å². The second-order valence-electron chi connectivity index (χ2n) is 5.30. The van der Waals surface area contributed by atoms with Gasteiger partial charge < -0.3 is 10.1 Å². The maximum Gasteiger partial charge on any atom is 0.408 e. The second-order valence-corrected chi connectivity index (χ2v) is 5.30. The van der Waals surface area contributed by atoms with Crippen molar-refractivity contribution in [3.8, 4) is 6.07 Å². The van der Waals surface area contributed by atoms with Gasteiger partial charge >= 0.3 is 6.09 Å². The van der Waals surface area contributed by atoms with Crippen molar-refractivity contribution in [3.63, 3.8) is 0 Å². The van der Waals surface area contributed by atoms with Crippen LogP contribution in [0.5, 0.6) is 0 Å². The molecule has 1 aliphatic carbocycles. The van der Waals surface area contributed by atoms with Crippen LogP contribution in [-0.4, -0.2) is 17.7 Å². The monoisotopic (exact) mass is 224 g/mol. The number of amides is 1. The molecule has 1 fully saturated rings. The van der Waals surface area contributed by atoms with Crippen LogP contribution in [0.2, 0.25) is 0 Å². The molecule has 0 heterocycles. The summed E-state index contributed by atoms with van der Waals surface area (Å²) in [6, 6.07) is 1.74. The highest BCUT2D eigenvalue weighted by atomic mass is 16.6. The van der Waals surface area contributed by atoms with Crippen molar-refractivity contribution >= 4 is 6.09 Å². The van der Waals surface area contributed by atoms with Crippen LogP contribution in [0.4, 0.5) is 4.79 Å². The smallest absolute Gasteiger partial charge is 0.408 e. The summed E-state index contributed by atoms with van der Waals surface area (Å²) in [5.74, 6) is 0.289. The zero-order chi connectivity index (χ0) is 12.2. The van der Waals surface area contributed by atoms with Crippen molar-refractivity contribution in [3.05, 3.63) is 0 Å². The molecule has 0 bridgehead atoms. The SMILES string of the molecule is CC(C)(C)OC(=O)N[C@H](C#N)C1CCCC1. The molecule has 1 aliphatic rings. The molecule has 1 N–H and O–H groups in total. The van der Waals surface area contributed by atoms with E-state index < -0.39 is 17.7 Å². The van der Waals surface area contributed by atoms with Crippen molar-refractivity contribution < 1.29 is 9.53 Å². The number of ether oxygens (including phenoxy) is 1. The summed E-state index contributed by atoms with van der Waals surface area (Å²) in [5, 5.41) is 11.7. The Hall–Kier alpha value is -1.24. The lowest BCUT2D eigenvalue weighted by Gasteiger charge is -2.23. The summed E-state index contributed by atoms with van der Waals surface area (Å²) in [6.07, 6.45) is 3.85. The van der Waals surface area contributed by atoms with E-state index in [0.29, 0.717) is 0 Å². The fourth-order valence-corrected chi connectivity index (χ4v) is 1.98. The third-order valence-corrected chi connectivity index (χ3v) is 2.68. The fraction of sp³-hybridized carbons (Fsp3) is 0.833. The number of rotatable bonds is 2. The number of nitrogens with zero attached hydrogens (tertiary/aromatic N) is 1. The van der Waals surface area contributed by atoms with Gasteiger partial charge in [0.2, 0.25) is 0 Å². The first-order valence-corrected chi connectivity index (χ1v) is 5.81. The number of carbonyl (C=O) groups is 1. The van der Waals surface area contributed by atoms with Crippen LogP contribution in [0, 0.1) is 17.2 Å². The highest BCUT2D eigenvalue weighted by Gasteiger charge is 2.27. The Labute approximate surface area is 97.0 Å². The van der Waals surface area contributed by atoms with E-state index in [0.717, 1.165) is 25.7 Å². The van der Waals surface area contributed by atoms with Gasteiger partial charge in [0.05, 0.1) is 6.07 Å². The molecule has 0 aromatic carbocycles. The summed E-state index contributed by atoms with van der Waals surface area (Å²) in [7, 11) is 0. The van der Waals surface area contributed by atoms with Gasteiger partial charge in [-0.05, 0) is 39.5 Å². The van der Waals surface area contributed by atoms with E-state index in [1.165, 1.54) is 0 Å². The van der Waals surface area contributed by atoms with Crippen molar-refractivity contribution in [2.24, 2.45) is 5.92 Å². The first-order valence-electron chi connectivity index (χ1n) is 5.81. The minimum absolute atomic E-state index is 0.289. The van der Waals surface area contributed by atoms with Gasteiger partial charge in [-0.15, -0.1) is 0 Å². The van der Waals surface area contributed by atoms with Crippen LogP contribution in [0.3, 0.4) is 0 Å².